The minimum atomic E-state index is -0.797. The summed E-state index contributed by atoms with van der Waals surface area (Å²) in [6, 6.07) is 5.36. The molecule has 3 rings (SSSR count). The Hall–Kier alpha value is -2.52. The first-order valence-corrected chi connectivity index (χ1v) is 9.36. The number of H-pyrrole nitrogens is 1. The maximum Gasteiger partial charge on any atom is 0.262 e. The largest absolute Gasteiger partial charge is 0.497 e. The summed E-state index contributed by atoms with van der Waals surface area (Å²) in [5, 5.41) is 2.99. The third-order valence-corrected chi connectivity index (χ3v) is 4.67. The molecule has 1 aromatic carbocycles. The molecule has 0 amide bonds. The average Bonchev–Trinajstić information content (AvgIpc) is 2.69. The van der Waals surface area contributed by atoms with Gasteiger partial charge in [-0.25, -0.2) is 14.4 Å². The molecular formula is C17H16ClFN4O3S. The van der Waals surface area contributed by atoms with E-state index in [1.807, 2.05) is 6.07 Å². The minimum Gasteiger partial charge on any atom is -0.497 e. The van der Waals surface area contributed by atoms with Crippen LogP contribution in [0.15, 0.2) is 28.2 Å². The lowest BCUT2D eigenvalue weighted by atomic mass is 10.2. The lowest BCUT2D eigenvalue weighted by Crippen LogP contribution is -2.14. The van der Waals surface area contributed by atoms with Gasteiger partial charge < -0.3 is 19.8 Å². The van der Waals surface area contributed by atoms with Crippen molar-refractivity contribution in [1.29, 1.82) is 0 Å². The van der Waals surface area contributed by atoms with Gasteiger partial charge in [-0.15, -0.1) is 0 Å². The fraction of sp³-hybridized carbons (Fsp3) is 0.235. The SMILES string of the molecule is COc1ccc(CNc2nc(SC)nc3c(F)c(Cl)[nH]c(=O)c23)c(OC)c1. The van der Waals surface area contributed by atoms with Gasteiger partial charge in [0.25, 0.3) is 5.56 Å². The summed E-state index contributed by atoms with van der Waals surface area (Å²) < 4.78 is 24.9. The molecule has 27 heavy (non-hydrogen) atoms. The van der Waals surface area contributed by atoms with Crippen molar-refractivity contribution in [2.45, 2.75) is 11.7 Å². The Morgan fingerprint density at radius 2 is 2.07 bits per heavy atom. The topological polar surface area (TPSA) is 89.1 Å². The highest BCUT2D eigenvalue weighted by Gasteiger charge is 2.18. The first-order valence-electron chi connectivity index (χ1n) is 7.76. The Morgan fingerprint density at radius 3 is 2.74 bits per heavy atom. The van der Waals surface area contributed by atoms with Gasteiger partial charge in [0.05, 0.1) is 14.2 Å². The van der Waals surface area contributed by atoms with Crippen molar-refractivity contribution in [2.75, 3.05) is 25.8 Å². The van der Waals surface area contributed by atoms with Crippen LogP contribution in [0.2, 0.25) is 5.15 Å². The highest BCUT2D eigenvalue weighted by Crippen LogP contribution is 2.28. The molecule has 0 fully saturated rings. The number of anilines is 1. The van der Waals surface area contributed by atoms with E-state index in [4.69, 9.17) is 21.1 Å². The number of aromatic amines is 1. The van der Waals surface area contributed by atoms with Crippen molar-refractivity contribution >= 4 is 40.1 Å². The third-order valence-electron chi connectivity index (χ3n) is 3.86. The van der Waals surface area contributed by atoms with Crippen molar-refractivity contribution in [1.82, 2.24) is 15.0 Å². The number of fused-ring (bicyclic) bond motifs is 1. The normalized spacial score (nSPS) is 10.9. The lowest BCUT2D eigenvalue weighted by Gasteiger charge is -2.13. The van der Waals surface area contributed by atoms with Crippen molar-refractivity contribution < 1.29 is 13.9 Å². The number of halogens is 2. The van der Waals surface area contributed by atoms with Gasteiger partial charge in [0.15, 0.2) is 11.0 Å². The molecule has 7 nitrogen and oxygen atoms in total. The number of ether oxygens (including phenoxy) is 2. The van der Waals surface area contributed by atoms with Crippen LogP contribution < -0.4 is 20.3 Å². The number of aromatic nitrogens is 3. The standard InChI is InChI=1S/C17H16ClFN4O3S/c1-25-9-5-4-8(10(6-9)26-2)7-20-15-11-13(21-17(23-15)27-3)12(19)14(18)22-16(11)24/h4-6H,7H2,1-3H3,(H,22,24)(H,20,21,23). The van der Waals surface area contributed by atoms with Gasteiger partial charge in [-0.2, -0.15) is 0 Å². The zero-order valence-electron chi connectivity index (χ0n) is 14.7. The number of hydrogen-bond donors (Lipinski definition) is 2. The number of rotatable bonds is 6. The second-order valence-electron chi connectivity index (χ2n) is 5.40. The molecule has 2 N–H and O–H groups in total. The molecule has 0 unspecified atom stereocenters. The van der Waals surface area contributed by atoms with E-state index in [0.29, 0.717) is 16.7 Å². The molecule has 0 aliphatic carbocycles. The highest BCUT2D eigenvalue weighted by molar-refractivity contribution is 7.98. The van der Waals surface area contributed by atoms with Crippen LogP contribution in [-0.4, -0.2) is 35.4 Å². The van der Waals surface area contributed by atoms with E-state index >= 15 is 0 Å². The Labute approximate surface area is 163 Å². The van der Waals surface area contributed by atoms with Crippen molar-refractivity contribution in [3.8, 4) is 11.5 Å². The zero-order chi connectivity index (χ0) is 19.6. The molecule has 0 aliphatic rings. The van der Waals surface area contributed by atoms with Gasteiger partial charge in [-0.05, 0) is 18.4 Å². The zero-order valence-corrected chi connectivity index (χ0v) is 16.3. The maximum atomic E-state index is 14.4. The summed E-state index contributed by atoms with van der Waals surface area (Å²) in [5.74, 6) is 0.669. The lowest BCUT2D eigenvalue weighted by molar-refractivity contribution is 0.391. The van der Waals surface area contributed by atoms with E-state index < -0.39 is 11.4 Å². The molecule has 0 atom stereocenters. The third kappa shape index (κ3) is 3.79. The van der Waals surface area contributed by atoms with E-state index in [0.717, 1.165) is 5.56 Å². The van der Waals surface area contributed by atoms with Crippen molar-refractivity contribution in [3.63, 3.8) is 0 Å². The summed E-state index contributed by atoms with van der Waals surface area (Å²) in [6.45, 7) is 0.288. The molecule has 0 saturated carbocycles. The van der Waals surface area contributed by atoms with E-state index in [-0.39, 0.29) is 28.4 Å². The number of methoxy groups -OCH3 is 2. The molecule has 10 heteroatoms. The van der Waals surface area contributed by atoms with Crippen LogP contribution in [0, 0.1) is 5.82 Å². The molecule has 0 radical (unpaired) electrons. The Morgan fingerprint density at radius 1 is 1.30 bits per heavy atom. The second kappa shape index (κ2) is 8.01. The van der Waals surface area contributed by atoms with Crippen LogP contribution in [0.3, 0.4) is 0 Å². The molecule has 0 bridgehead atoms. The number of thioether (sulfide) groups is 1. The molecule has 3 aromatic rings. The number of nitrogens with one attached hydrogen (secondary N) is 2. The summed E-state index contributed by atoms with van der Waals surface area (Å²) in [5.41, 5.74) is 0.0992. The van der Waals surface area contributed by atoms with E-state index in [9.17, 15) is 9.18 Å². The van der Waals surface area contributed by atoms with Gasteiger partial charge in [-0.3, -0.25) is 4.79 Å². The fourth-order valence-corrected chi connectivity index (χ4v) is 3.07. The number of benzene rings is 1. The molecule has 0 aliphatic heterocycles. The fourth-order valence-electron chi connectivity index (χ4n) is 2.53. The van der Waals surface area contributed by atoms with Gasteiger partial charge in [0.2, 0.25) is 0 Å². The summed E-state index contributed by atoms with van der Waals surface area (Å²) in [6.07, 6.45) is 1.75. The first kappa shape index (κ1) is 19.2. The highest BCUT2D eigenvalue weighted by atomic mass is 35.5. The molecular weight excluding hydrogens is 395 g/mol. The molecule has 2 aromatic heterocycles. The predicted molar refractivity (Wildman–Crippen MR) is 104 cm³/mol. The van der Waals surface area contributed by atoms with Gasteiger partial charge >= 0.3 is 0 Å². The van der Waals surface area contributed by atoms with Crippen LogP contribution in [0.5, 0.6) is 11.5 Å². The second-order valence-corrected chi connectivity index (χ2v) is 6.55. The average molecular weight is 411 g/mol. The van der Waals surface area contributed by atoms with Gasteiger partial charge in [0, 0.05) is 18.2 Å². The molecule has 142 valence electrons. The van der Waals surface area contributed by atoms with Crippen LogP contribution in [0.1, 0.15) is 5.56 Å². The van der Waals surface area contributed by atoms with Crippen LogP contribution >= 0.6 is 23.4 Å². The first-order chi connectivity index (χ1) is 13.0. The number of hydrogen-bond acceptors (Lipinski definition) is 7. The smallest absolute Gasteiger partial charge is 0.262 e. The Balaban J connectivity index is 2.05. The quantitative estimate of drug-likeness (QED) is 0.365. The number of pyridine rings is 1. The van der Waals surface area contributed by atoms with E-state index in [1.165, 1.54) is 11.8 Å². The van der Waals surface area contributed by atoms with E-state index in [1.54, 1.807) is 32.6 Å². The van der Waals surface area contributed by atoms with E-state index in [2.05, 4.69) is 20.3 Å². The molecule has 0 spiro atoms. The Bertz CT molecular complexity index is 1060. The van der Waals surface area contributed by atoms with Crippen molar-refractivity contribution in [2.24, 2.45) is 0 Å². The number of nitrogens with zero attached hydrogens (tertiary/aromatic N) is 2. The van der Waals surface area contributed by atoms with Crippen LogP contribution in [0.25, 0.3) is 10.9 Å². The van der Waals surface area contributed by atoms with Crippen LogP contribution in [-0.2, 0) is 6.54 Å². The maximum absolute atomic E-state index is 14.4. The summed E-state index contributed by atoms with van der Waals surface area (Å²) in [7, 11) is 3.11. The molecule has 0 saturated heterocycles. The van der Waals surface area contributed by atoms with Gasteiger partial charge in [-0.1, -0.05) is 23.4 Å². The predicted octanol–water partition coefficient (Wildman–Crippen LogP) is 3.46. The minimum absolute atomic E-state index is 0.00202. The van der Waals surface area contributed by atoms with Crippen LogP contribution in [0.4, 0.5) is 10.2 Å². The summed E-state index contributed by atoms with van der Waals surface area (Å²) in [4.78, 5) is 23.0. The summed E-state index contributed by atoms with van der Waals surface area (Å²) >= 11 is 6.96. The Kier molecular flexibility index (Phi) is 5.71. The molecule has 2 heterocycles. The van der Waals surface area contributed by atoms with Crippen molar-refractivity contribution in [3.05, 3.63) is 45.1 Å². The van der Waals surface area contributed by atoms with Gasteiger partial charge in [0.1, 0.15) is 33.4 Å². The monoisotopic (exact) mass is 410 g/mol.